The van der Waals surface area contributed by atoms with Crippen LogP contribution in [0.4, 0.5) is 0 Å². The van der Waals surface area contributed by atoms with Crippen molar-refractivity contribution < 1.29 is 9.53 Å². The van der Waals surface area contributed by atoms with Gasteiger partial charge in [-0.2, -0.15) is 0 Å². The van der Waals surface area contributed by atoms with E-state index in [2.05, 4.69) is 5.32 Å². The van der Waals surface area contributed by atoms with Gasteiger partial charge in [-0.1, -0.05) is 36.7 Å². The van der Waals surface area contributed by atoms with Crippen LogP contribution < -0.4 is 5.32 Å². The third-order valence-electron chi connectivity index (χ3n) is 3.61. The molecular weight excluding hydrogens is 276 g/mol. The van der Waals surface area contributed by atoms with Crippen LogP contribution in [0.3, 0.4) is 0 Å². The van der Waals surface area contributed by atoms with E-state index in [1.165, 1.54) is 0 Å². The monoisotopic (exact) mass is 296 g/mol. The Morgan fingerprint density at radius 3 is 2.90 bits per heavy atom. The summed E-state index contributed by atoms with van der Waals surface area (Å²) in [6.07, 6.45) is 0. The average Bonchev–Trinajstić information content (AvgIpc) is 2.89. The molecule has 1 fully saturated rings. The largest absolute Gasteiger partial charge is 0.379 e. The molecule has 1 amide bonds. The van der Waals surface area contributed by atoms with E-state index in [9.17, 15) is 4.79 Å². The Morgan fingerprint density at radius 2 is 2.20 bits per heavy atom. The highest BCUT2D eigenvalue weighted by molar-refractivity contribution is 6.31. The molecular formula is C15H21ClN2O2. The molecule has 1 heterocycles. The van der Waals surface area contributed by atoms with E-state index in [1.807, 2.05) is 38.2 Å². The van der Waals surface area contributed by atoms with Crippen molar-refractivity contribution in [1.29, 1.82) is 0 Å². The number of nitrogens with one attached hydrogen (secondary N) is 1. The van der Waals surface area contributed by atoms with Crippen molar-refractivity contribution in [3.05, 3.63) is 34.9 Å². The molecule has 2 rings (SSSR count). The highest BCUT2D eigenvalue weighted by atomic mass is 35.5. The lowest BCUT2D eigenvalue weighted by molar-refractivity contribution is -0.135. The number of hydrogen-bond acceptors (Lipinski definition) is 3. The van der Waals surface area contributed by atoms with E-state index >= 15 is 0 Å². The zero-order valence-corrected chi connectivity index (χ0v) is 12.7. The number of ether oxygens (including phenoxy) is 1. The van der Waals surface area contributed by atoms with Crippen LogP contribution in [0.2, 0.25) is 5.02 Å². The molecule has 0 bridgehead atoms. The van der Waals surface area contributed by atoms with E-state index < -0.39 is 0 Å². The van der Waals surface area contributed by atoms with Gasteiger partial charge in [0.05, 0.1) is 19.1 Å². The molecule has 0 aliphatic carbocycles. The summed E-state index contributed by atoms with van der Waals surface area (Å²) < 4.78 is 5.43. The molecule has 1 saturated heterocycles. The summed E-state index contributed by atoms with van der Waals surface area (Å²) in [6.45, 7) is 4.49. The van der Waals surface area contributed by atoms with E-state index in [-0.39, 0.29) is 17.9 Å². The summed E-state index contributed by atoms with van der Waals surface area (Å²) in [5.41, 5.74) is 0.962. The SMILES string of the molecule is CCNC1COCC1C(=O)N(C)Cc1ccccc1Cl. The van der Waals surface area contributed by atoms with Gasteiger partial charge in [0.15, 0.2) is 0 Å². The quantitative estimate of drug-likeness (QED) is 0.903. The molecule has 4 nitrogen and oxygen atoms in total. The number of amides is 1. The van der Waals surface area contributed by atoms with E-state index in [4.69, 9.17) is 16.3 Å². The van der Waals surface area contributed by atoms with Crippen LogP contribution in [0.15, 0.2) is 24.3 Å². The van der Waals surface area contributed by atoms with Crippen molar-refractivity contribution in [2.75, 3.05) is 26.8 Å². The first-order valence-electron chi connectivity index (χ1n) is 6.93. The number of hydrogen-bond donors (Lipinski definition) is 1. The molecule has 1 aliphatic rings. The van der Waals surface area contributed by atoms with Gasteiger partial charge in [0.1, 0.15) is 0 Å². The van der Waals surface area contributed by atoms with Gasteiger partial charge in [-0.05, 0) is 18.2 Å². The van der Waals surface area contributed by atoms with Crippen LogP contribution in [0.5, 0.6) is 0 Å². The second-order valence-electron chi connectivity index (χ2n) is 5.09. The number of nitrogens with zero attached hydrogens (tertiary/aromatic N) is 1. The zero-order valence-electron chi connectivity index (χ0n) is 11.9. The summed E-state index contributed by atoms with van der Waals surface area (Å²) in [5, 5.41) is 4.00. The second-order valence-corrected chi connectivity index (χ2v) is 5.50. The Kier molecular flexibility index (Phi) is 5.40. The van der Waals surface area contributed by atoms with Crippen LogP contribution in [0.25, 0.3) is 0 Å². The van der Waals surface area contributed by atoms with Crippen LogP contribution in [-0.2, 0) is 16.1 Å². The summed E-state index contributed by atoms with van der Waals surface area (Å²) in [7, 11) is 1.81. The van der Waals surface area contributed by atoms with Gasteiger partial charge in [0.2, 0.25) is 5.91 Å². The topological polar surface area (TPSA) is 41.6 Å². The fourth-order valence-electron chi connectivity index (χ4n) is 2.50. The fourth-order valence-corrected chi connectivity index (χ4v) is 2.70. The van der Waals surface area contributed by atoms with Gasteiger partial charge in [-0.25, -0.2) is 0 Å². The van der Waals surface area contributed by atoms with Crippen LogP contribution in [-0.4, -0.2) is 43.7 Å². The Hall–Kier alpha value is -1.10. The second kappa shape index (κ2) is 7.07. The molecule has 0 aromatic heterocycles. The first kappa shape index (κ1) is 15.3. The van der Waals surface area contributed by atoms with Gasteiger partial charge >= 0.3 is 0 Å². The Balaban J connectivity index is 2.00. The maximum atomic E-state index is 12.5. The van der Waals surface area contributed by atoms with Gasteiger partial charge in [-0.3, -0.25) is 4.79 Å². The molecule has 2 unspecified atom stereocenters. The van der Waals surface area contributed by atoms with Crippen molar-refractivity contribution in [2.24, 2.45) is 5.92 Å². The van der Waals surface area contributed by atoms with Crippen LogP contribution >= 0.6 is 11.6 Å². The lowest BCUT2D eigenvalue weighted by atomic mass is 10.0. The maximum Gasteiger partial charge on any atom is 0.229 e. The molecule has 1 aliphatic heterocycles. The van der Waals surface area contributed by atoms with E-state index in [0.717, 1.165) is 12.1 Å². The van der Waals surface area contributed by atoms with Gasteiger partial charge < -0.3 is 15.0 Å². The molecule has 20 heavy (non-hydrogen) atoms. The molecule has 0 saturated carbocycles. The Labute approximate surface area is 125 Å². The number of carbonyl (C=O) groups is 1. The highest BCUT2D eigenvalue weighted by Crippen LogP contribution is 2.20. The predicted octanol–water partition coefficient (Wildman–Crippen LogP) is 1.92. The minimum Gasteiger partial charge on any atom is -0.379 e. The smallest absolute Gasteiger partial charge is 0.229 e. The normalized spacial score (nSPS) is 21.9. The summed E-state index contributed by atoms with van der Waals surface area (Å²) in [5.74, 6) is -0.00388. The van der Waals surface area contributed by atoms with Crippen LogP contribution in [0.1, 0.15) is 12.5 Å². The Bertz CT molecular complexity index is 467. The third-order valence-corrected chi connectivity index (χ3v) is 3.97. The minimum atomic E-state index is -0.109. The first-order chi connectivity index (χ1) is 9.63. The predicted molar refractivity (Wildman–Crippen MR) is 79.7 cm³/mol. The Morgan fingerprint density at radius 1 is 1.45 bits per heavy atom. The van der Waals surface area contributed by atoms with Crippen molar-refractivity contribution in [1.82, 2.24) is 10.2 Å². The van der Waals surface area contributed by atoms with Gasteiger partial charge in [-0.15, -0.1) is 0 Å². The lowest BCUT2D eigenvalue weighted by Crippen LogP contribution is -2.44. The number of halogens is 1. The summed E-state index contributed by atoms with van der Waals surface area (Å²) in [4.78, 5) is 14.2. The van der Waals surface area contributed by atoms with Gasteiger partial charge in [0, 0.05) is 24.7 Å². The van der Waals surface area contributed by atoms with Crippen molar-refractivity contribution >= 4 is 17.5 Å². The zero-order chi connectivity index (χ0) is 14.5. The number of carbonyl (C=O) groups excluding carboxylic acids is 1. The van der Waals surface area contributed by atoms with Gasteiger partial charge in [0.25, 0.3) is 0 Å². The number of likely N-dealkylation sites (N-methyl/N-ethyl adjacent to an activating group) is 1. The fraction of sp³-hybridized carbons (Fsp3) is 0.533. The minimum absolute atomic E-state index is 0.105. The average molecular weight is 297 g/mol. The standard InChI is InChI=1S/C15H21ClN2O2/c1-3-17-14-10-20-9-12(14)15(19)18(2)8-11-6-4-5-7-13(11)16/h4-7,12,14,17H,3,8-10H2,1-2H3. The summed E-state index contributed by atoms with van der Waals surface area (Å²) >= 11 is 6.14. The summed E-state index contributed by atoms with van der Waals surface area (Å²) in [6, 6.07) is 7.72. The van der Waals surface area contributed by atoms with E-state index in [0.29, 0.717) is 24.8 Å². The molecule has 2 atom stereocenters. The molecule has 0 spiro atoms. The lowest BCUT2D eigenvalue weighted by Gasteiger charge is -2.24. The molecule has 1 aromatic rings. The van der Waals surface area contributed by atoms with Crippen molar-refractivity contribution in [2.45, 2.75) is 19.5 Å². The van der Waals surface area contributed by atoms with Crippen LogP contribution in [0, 0.1) is 5.92 Å². The maximum absolute atomic E-state index is 12.5. The molecule has 1 N–H and O–H groups in total. The number of rotatable bonds is 5. The number of benzene rings is 1. The molecule has 110 valence electrons. The van der Waals surface area contributed by atoms with Crippen molar-refractivity contribution in [3.8, 4) is 0 Å². The third kappa shape index (κ3) is 3.51. The molecule has 1 aromatic carbocycles. The molecule has 5 heteroatoms. The highest BCUT2D eigenvalue weighted by Gasteiger charge is 2.35. The molecule has 0 radical (unpaired) electrons. The first-order valence-corrected chi connectivity index (χ1v) is 7.30. The van der Waals surface area contributed by atoms with Crippen molar-refractivity contribution in [3.63, 3.8) is 0 Å². The van der Waals surface area contributed by atoms with E-state index in [1.54, 1.807) is 4.90 Å².